The summed E-state index contributed by atoms with van der Waals surface area (Å²) in [5, 5.41) is 0. The third-order valence-electron chi connectivity index (χ3n) is 7.03. The Morgan fingerprint density at radius 1 is 0.966 bits per heavy atom. The molecule has 29 heavy (non-hydrogen) atoms. The fraction of sp³-hybridized carbons (Fsp3) is 0.696. The van der Waals surface area contributed by atoms with Gasteiger partial charge in [0.2, 0.25) is 5.91 Å². The number of hydrogen-bond donors (Lipinski definition) is 0. The van der Waals surface area contributed by atoms with E-state index in [1.165, 1.54) is 12.1 Å². The van der Waals surface area contributed by atoms with Gasteiger partial charge in [-0.15, -0.1) is 0 Å². The predicted molar refractivity (Wildman–Crippen MR) is 117 cm³/mol. The number of carbonyl (C=O) groups is 1. The van der Waals surface area contributed by atoms with Gasteiger partial charge < -0.3 is 19.4 Å². The molecule has 1 atom stereocenters. The quantitative estimate of drug-likeness (QED) is 0.775. The molecule has 3 aliphatic rings. The van der Waals surface area contributed by atoms with Crippen LogP contribution in [0, 0.1) is 5.92 Å². The van der Waals surface area contributed by atoms with Crippen LogP contribution in [0.4, 0.5) is 5.69 Å². The Labute approximate surface area is 175 Å². The van der Waals surface area contributed by atoms with Gasteiger partial charge in [0.15, 0.2) is 0 Å². The summed E-state index contributed by atoms with van der Waals surface area (Å²) in [6, 6.07) is 8.81. The van der Waals surface area contributed by atoms with Crippen molar-refractivity contribution in [1.29, 1.82) is 0 Å². The monoisotopic (exact) mass is 400 g/mol. The molecule has 1 aromatic rings. The van der Waals surface area contributed by atoms with Gasteiger partial charge in [-0.05, 0) is 58.0 Å². The van der Waals surface area contributed by atoms with E-state index in [9.17, 15) is 4.79 Å². The van der Waals surface area contributed by atoms with Gasteiger partial charge in [0.25, 0.3) is 0 Å². The minimum absolute atomic E-state index is 0.243. The van der Waals surface area contributed by atoms with Crippen molar-refractivity contribution in [3.8, 4) is 5.75 Å². The van der Waals surface area contributed by atoms with Crippen LogP contribution in [-0.4, -0.2) is 93.2 Å². The van der Waals surface area contributed by atoms with Crippen LogP contribution in [0.15, 0.2) is 24.3 Å². The van der Waals surface area contributed by atoms with Crippen LogP contribution in [0.2, 0.25) is 0 Å². The number of ether oxygens (including phenoxy) is 1. The maximum absolute atomic E-state index is 13.1. The Hall–Kier alpha value is -1.79. The molecule has 0 aromatic heterocycles. The minimum Gasteiger partial charge on any atom is -0.495 e. The summed E-state index contributed by atoms with van der Waals surface area (Å²) in [5.41, 5.74) is 1.19. The van der Waals surface area contributed by atoms with Gasteiger partial charge in [-0.2, -0.15) is 0 Å². The molecule has 6 heteroatoms. The normalized spacial score (nSPS) is 25.2. The molecule has 1 amide bonds. The summed E-state index contributed by atoms with van der Waals surface area (Å²) in [5.74, 6) is 1.61. The Morgan fingerprint density at radius 2 is 1.69 bits per heavy atom. The topological polar surface area (TPSA) is 39.3 Å². The van der Waals surface area contributed by atoms with Crippen LogP contribution in [0.1, 0.15) is 25.7 Å². The molecule has 4 rings (SSSR count). The largest absolute Gasteiger partial charge is 0.495 e. The number of methoxy groups -OCH3 is 1. The second-order valence-corrected chi connectivity index (χ2v) is 8.85. The maximum atomic E-state index is 13.1. The highest BCUT2D eigenvalue weighted by atomic mass is 16.5. The molecule has 0 saturated carbocycles. The van der Waals surface area contributed by atoms with Crippen molar-refractivity contribution < 1.29 is 9.53 Å². The van der Waals surface area contributed by atoms with E-state index in [1.54, 1.807) is 7.11 Å². The molecule has 0 spiro atoms. The zero-order valence-electron chi connectivity index (χ0n) is 18.1. The van der Waals surface area contributed by atoms with Crippen molar-refractivity contribution in [3.05, 3.63) is 24.3 Å². The van der Waals surface area contributed by atoms with Crippen LogP contribution < -0.4 is 9.64 Å². The van der Waals surface area contributed by atoms with Crippen molar-refractivity contribution in [1.82, 2.24) is 14.7 Å². The molecule has 0 aliphatic carbocycles. The van der Waals surface area contributed by atoms with Gasteiger partial charge in [0.05, 0.1) is 12.8 Å². The van der Waals surface area contributed by atoms with Crippen LogP contribution in [0.5, 0.6) is 5.75 Å². The summed E-state index contributed by atoms with van der Waals surface area (Å²) in [6.07, 6.45) is 4.39. The fourth-order valence-corrected chi connectivity index (χ4v) is 5.19. The highest BCUT2D eigenvalue weighted by Crippen LogP contribution is 2.29. The van der Waals surface area contributed by atoms with Gasteiger partial charge in [0, 0.05) is 51.2 Å². The average Bonchev–Trinajstić information content (AvgIpc) is 2.79. The highest BCUT2D eigenvalue weighted by molar-refractivity contribution is 5.79. The van der Waals surface area contributed by atoms with Crippen LogP contribution >= 0.6 is 0 Å². The molecular weight excluding hydrogens is 364 g/mol. The lowest BCUT2D eigenvalue weighted by molar-refractivity contribution is -0.139. The first-order valence-corrected chi connectivity index (χ1v) is 11.2. The molecule has 3 fully saturated rings. The number of hydrogen-bond acceptors (Lipinski definition) is 5. The van der Waals surface area contributed by atoms with Crippen LogP contribution in [0.25, 0.3) is 0 Å². The third kappa shape index (κ3) is 4.69. The van der Waals surface area contributed by atoms with Crippen LogP contribution in [-0.2, 0) is 4.79 Å². The zero-order valence-corrected chi connectivity index (χ0v) is 18.1. The number of nitrogens with zero attached hydrogens (tertiary/aromatic N) is 4. The van der Waals surface area contributed by atoms with E-state index in [4.69, 9.17) is 4.74 Å². The number of anilines is 1. The van der Waals surface area contributed by atoms with Crippen molar-refractivity contribution in [2.24, 2.45) is 5.92 Å². The number of piperazine rings is 1. The number of carbonyl (C=O) groups excluding carboxylic acids is 1. The standard InChI is InChI=1S/C23H36N4O2/c1-24-12-9-19(10-13-24)23(28)27-11-5-6-20(18-27)25-14-16-26(17-15-25)21-7-3-4-8-22(21)29-2/h3-4,7-8,19-20H,5-6,9-18H2,1-2H3/t20-/m0/s1. The third-order valence-corrected chi connectivity index (χ3v) is 7.03. The average molecular weight is 401 g/mol. The minimum atomic E-state index is 0.243. The number of rotatable bonds is 4. The number of likely N-dealkylation sites (tertiary alicyclic amines) is 2. The van der Waals surface area contributed by atoms with Gasteiger partial charge in [-0.3, -0.25) is 9.69 Å². The molecule has 160 valence electrons. The van der Waals surface area contributed by atoms with Crippen molar-refractivity contribution in [2.75, 3.05) is 71.4 Å². The van der Waals surface area contributed by atoms with E-state index in [0.717, 1.165) is 77.4 Å². The summed E-state index contributed by atoms with van der Waals surface area (Å²) in [7, 11) is 3.90. The fourth-order valence-electron chi connectivity index (χ4n) is 5.19. The van der Waals surface area contributed by atoms with Crippen molar-refractivity contribution in [3.63, 3.8) is 0 Å². The Kier molecular flexibility index (Phi) is 6.60. The van der Waals surface area contributed by atoms with Gasteiger partial charge in [-0.1, -0.05) is 12.1 Å². The maximum Gasteiger partial charge on any atom is 0.225 e. The van der Waals surface area contributed by atoms with Gasteiger partial charge >= 0.3 is 0 Å². The summed E-state index contributed by atoms with van der Waals surface area (Å²) in [6.45, 7) is 8.11. The predicted octanol–water partition coefficient (Wildman–Crippen LogP) is 2.15. The number of piperidine rings is 2. The first-order chi connectivity index (χ1) is 14.2. The smallest absolute Gasteiger partial charge is 0.225 e. The van der Waals surface area contributed by atoms with E-state index in [0.29, 0.717) is 11.9 Å². The molecule has 3 heterocycles. The van der Waals surface area contributed by atoms with Crippen molar-refractivity contribution in [2.45, 2.75) is 31.7 Å². The summed E-state index contributed by atoms with van der Waals surface area (Å²) < 4.78 is 5.54. The molecule has 0 N–H and O–H groups in total. The molecule has 0 radical (unpaired) electrons. The van der Waals surface area contributed by atoms with E-state index in [-0.39, 0.29) is 5.92 Å². The van der Waals surface area contributed by atoms with E-state index in [1.807, 2.05) is 12.1 Å². The highest BCUT2D eigenvalue weighted by Gasteiger charge is 2.33. The summed E-state index contributed by atoms with van der Waals surface area (Å²) >= 11 is 0. The van der Waals surface area contributed by atoms with E-state index >= 15 is 0 Å². The Bertz CT molecular complexity index is 681. The number of para-hydroxylation sites is 2. The van der Waals surface area contributed by atoms with Gasteiger partial charge in [0.1, 0.15) is 5.75 Å². The molecule has 3 saturated heterocycles. The van der Waals surface area contributed by atoms with E-state index < -0.39 is 0 Å². The van der Waals surface area contributed by atoms with E-state index in [2.05, 4.69) is 38.8 Å². The lowest BCUT2D eigenvalue weighted by atomic mass is 9.93. The van der Waals surface area contributed by atoms with Crippen LogP contribution in [0.3, 0.4) is 0 Å². The lowest BCUT2D eigenvalue weighted by Gasteiger charge is -2.44. The summed E-state index contributed by atoms with van der Waals surface area (Å²) in [4.78, 5) is 22.6. The first-order valence-electron chi connectivity index (χ1n) is 11.2. The van der Waals surface area contributed by atoms with Gasteiger partial charge in [-0.25, -0.2) is 0 Å². The lowest BCUT2D eigenvalue weighted by Crippen LogP contribution is -2.56. The van der Waals surface area contributed by atoms with Crippen molar-refractivity contribution >= 4 is 11.6 Å². The second kappa shape index (κ2) is 9.35. The molecule has 3 aliphatic heterocycles. The molecule has 0 unspecified atom stereocenters. The molecular formula is C23H36N4O2. The SMILES string of the molecule is COc1ccccc1N1CCN([C@H]2CCCN(C(=O)C3CCN(C)CC3)C2)CC1. The molecule has 0 bridgehead atoms. The first kappa shape index (κ1) is 20.5. The molecule has 1 aromatic carbocycles. The number of amides is 1. The second-order valence-electron chi connectivity index (χ2n) is 8.85. The zero-order chi connectivity index (χ0) is 20.2. The Balaban J connectivity index is 1.31. The number of benzene rings is 1. The Morgan fingerprint density at radius 3 is 2.41 bits per heavy atom. The molecule has 6 nitrogen and oxygen atoms in total.